The third kappa shape index (κ3) is 8.33. The summed E-state index contributed by atoms with van der Waals surface area (Å²) in [6.07, 6.45) is 8.65. The molecular weight excluding hydrogens is 727 g/mol. The van der Waals surface area contributed by atoms with Crippen LogP contribution in [0, 0.1) is 0 Å². The maximum atomic E-state index is 11.7. The van der Waals surface area contributed by atoms with Crippen molar-refractivity contribution in [3.05, 3.63) is 76.3 Å². The number of piperidine rings is 1. The Morgan fingerprint density at radius 3 is 2.39 bits per heavy atom. The van der Waals surface area contributed by atoms with Crippen molar-refractivity contribution in [1.29, 1.82) is 0 Å². The summed E-state index contributed by atoms with van der Waals surface area (Å²) in [5, 5.41) is 22.7. The molecule has 2 aliphatic rings. The quantitative estimate of drug-likeness (QED) is 0.125. The molecule has 0 atom stereocenters. The van der Waals surface area contributed by atoms with Gasteiger partial charge in [0.25, 0.3) is 0 Å². The second-order valence-electron chi connectivity index (χ2n) is 13.9. The highest BCUT2D eigenvalue weighted by Gasteiger charge is 2.23. The summed E-state index contributed by atoms with van der Waals surface area (Å²) >= 11 is 14.3. The lowest BCUT2D eigenvalue weighted by molar-refractivity contribution is -0.129. The number of carbonyl (C=O) groups excluding carboxylic acids is 1. The highest BCUT2D eigenvalue weighted by Crippen LogP contribution is 2.42. The van der Waals surface area contributed by atoms with E-state index in [1.54, 1.807) is 24.7 Å². The Bertz CT molecular complexity index is 2110. The number of aromatic nitrogens is 5. The van der Waals surface area contributed by atoms with Crippen LogP contribution in [-0.2, 0) is 17.9 Å². The number of hydrogen-bond donors (Lipinski definition) is 3. The topological polar surface area (TPSA) is 139 Å². The standard InChI is InChI=1S/C40H46Cl2N8O4/c1-4-54-34-20-26(23-50-39(34)47-35(48-50)22-45-27-9-11-29(52)12-10-27)38-37(42)31(14-17-43-38)30-6-5-7-32(36(30)41)33-13-8-25(40(46-33)53-3)21-44-28-15-18-49(19-16-28)24(2)51/h5-8,13-14,17,20,23,27-29,44-45,52H,4,9-12,15-16,18-19,21-22H2,1-3H3. The number of likely N-dealkylation sites (tertiary alicyclic amines) is 1. The van der Waals surface area contributed by atoms with Gasteiger partial charge in [-0.25, -0.2) is 14.5 Å². The summed E-state index contributed by atoms with van der Waals surface area (Å²) in [7, 11) is 1.62. The molecule has 2 fully saturated rings. The Hall–Kier alpha value is -4.33. The number of rotatable bonds is 12. The lowest BCUT2D eigenvalue weighted by Crippen LogP contribution is -2.44. The molecule has 5 heterocycles. The van der Waals surface area contributed by atoms with E-state index in [2.05, 4.69) is 15.6 Å². The van der Waals surface area contributed by atoms with E-state index in [9.17, 15) is 9.90 Å². The van der Waals surface area contributed by atoms with Crippen LogP contribution >= 0.6 is 23.2 Å². The van der Waals surface area contributed by atoms with E-state index in [-0.39, 0.29) is 12.0 Å². The number of aliphatic hydroxyl groups is 1. The molecule has 284 valence electrons. The smallest absolute Gasteiger partial charge is 0.219 e. The predicted octanol–water partition coefficient (Wildman–Crippen LogP) is 6.73. The summed E-state index contributed by atoms with van der Waals surface area (Å²) in [6, 6.07) is 14.2. The molecule has 1 aliphatic heterocycles. The normalized spacial score (nSPS) is 17.9. The summed E-state index contributed by atoms with van der Waals surface area (Å²) in [5.74, 6) is 1.88. The molecule has 0 bridgehead atoms. The Morgan fingerprint density at radius 2 is 1.65 bits per heavy atom. The Balaban J connectivity index is 1.13. The second kappa shape index (κ2) is 17.0. The van der Waals surface area contributed by atoms with Gasteiger partial charge in [-0.15, -0.1) is 5.10 Å². The van der Waals surface area contributed by atoms with Crippen LogP contribution in [0.15, 0.2) is 54.9 Å². The molecule has 0 spiro atoms. The molecule has 14 heteroatoms. The average molecular weight is 774 g/mol. The zero-order valence-corrected chi connectivity index (χ0v) is 32.3. The minimum atomic E-state index is -0.204. The van der Waals surface area contributed by atoms with Crippen molar-refractivity contribution in [2.45, 2.75) is 83.6 Å². The highest BCUT2D eigenvalue weighted by molar-refractivity contribution is 6.39. The Labute approximate surface area is 325 Å². The SMILES string of the molecule is CCOc1cc(-c2nccc(-c3cccc(-c4ccc(CNC5CCN(C(C)=O)CC5)c(OC)n4)c3Cl)c2Cl)cn2nc(CNC3CCC(O)CC3)nc12. The second-order valence-corrected chi connectivity index (χ2v) is 14.7. The van der Waals surface area contributed by atoms with E-state index in [4.69, 9.17) is 47.7 Å². The van der Waals surface area contributed by atoms with Crippen LogP contribution in [0.2, 0.25) is 10.0 Å². The molecule has 54 heavy (non-hydrogen) atoms. The largest absolute Gasteiger partial charge is 0.490 e. The fourth-order valence-corrected chi connectivity index (χ4v) is 8.00. The monoisotopic (exact) mass is 772 g/mol. The molecule has 0 unspecified atom stereocenters. The van der Waals surface area contributed by atoms with E-state index in [0.717, 1.165) is 79.4 Å². The molecule has 3 N–H and O–H groups in total. The maximum absolute atomic E-state index is 11.7. The molecule has 1 saturated heterocycles. The number of halogens is 2. The fraction of sp³-hybridized carbons (Fsp3) is 0.425. The number of pyridine rings is 3. The number of fused-ring (bicyclic) bond motifs is 1. The van der Waals surface area contributed by atoms with E-state index >= 15 is 0 Å². The van der Waals surface area contributed by atoms with Gasteiger partial charge < -0.3 is 30.1 Å². The van der Waals surface area contributed by atoms with Gasteiger partial charge in [0.15, 0.2) is 17.2 Å². The minimum Gasteiger partial charge on any atom is -0.490 e. The van der Waals surface area contributed by atoms with Crippen LogP contribution in [0.1, 0.15) is 63.8 Å². The number of carbonyl (C=O) groups is 1. The minimum absolute atomic E-state index is 0.126. The van der Waals surface area contributed by atoms with E-state index in [1.165, 1.54) is 0 Å². The van der Waals surface area contributed by atoms with Crippen LogP contribution in [-0.4, -0.2) is 85.5 Å². The maximum Gasteiger partial charge on any atom is 0.219 e. The first kappa shape index (κ1) is 38.0. The zero-order valence-electron chi connectivity index (χ0n) is 30.8. The van der Waals surface area contributed by atoms with Crippen molar-refractivity contribution in [3.63, 3.8) is 0 Å². The molecule has 7 rings (SSSR count). The van der Waals surface area contributed by atoms with Gasteiger partial charge in [-0.1, -0.05) is 47.5 Å². The van der Waals surface area contributed by atoms with Crippen LogP contribution in [0.5, 0.6) is 11.6 Å². The summed E-state index contributed by atoms with van der Waals surface area (Å²) in [6.45, 7) is 6.63. The molecular formula is C40H46Cl2N8O4. The van der Waals surface area contributed by atoms with E-state index in [0.29, 0.717) is 76.3 Å². The summed E-state index contributed by atoms with van der Waals surface area (Å²) in [4.78, 5) is 27.9. The van der Waals surface area contributed by atoms with Crippen LogP contribution in [0.25, 0.3) is 39.3 Å². The predicted molar refractivity (Wildman–Crippen MR) is 210 cm³/mol. The molecule has 1 aromatic carbocycles. The van der Waals surface area contributed by atoms with Crippen molar-refractivity contribution in [3.8, 4) is 45.3 Å². The van der Waals surface area contributed by atoms with Gasteiger partial charge >= 0.3 is 0 Å². The molecule has 1 saturated carbocycles. The van der Waals surface area contributed by atoms with Gasteiger partial charge in [-0.05, 0) is 63.6 Å². The third-order valence-corrected chi connectivity index (χ3v) is 11.2. The van der Waals surface area contributed by atoms with Crippen molar-refractivity contribution in [1.82, 2.24) is 40.1 Å². The van der Waals surface area contributed by atoms with Crippen molar-refractivity contribution in [2.75, 3.05) is 26.8 Å². The molecule has 12 nitrogen and oxygen atoms in total. The molecule has 4 aromatic heterocycles. The van der Waals surface area contributed by atoms with Crippen molar-refractivity contribution >= 4 is 34.8 Å². The highest BCUT2D eigenvalue weighted by atomic mass is 35.5. The number of benzene rings is 1. The fourth-order valence-electron chi connectivity index (χ4n) is 7.36. The van der Waals surface area contributed by atoms with E-state index < -0.39 is 0 Å². The third-order valence-electron chi connectivity index (χ3n) is 10.4. The molecule has 0 radical (unpaired) electrons. The number of amides is 1. The van der Waals surface area contributed by atoms with Gasteiger partial charge in [-0.2, -0.15) is 0 Å². The first-order valence-electron chi connectivity index (χ1n) is 18.6. The summed E-state index contributed by atoms with van der Waals surface area (Å²) in [5.41, 5.74) is 5.69. The van der Waals surface area contributed by atoms with Gasteiger partial charge in [-0.3, -0.25) is 9.78 Å². The summed E-state index contributed by atoms with van der Waals surface area (Å²) < 4.78 is 13.5. The number of methoxy groups -OCH3 is 1. The van der Waals surface area contributed by atoms with Crippen LogP contribution in [0.4, 0.5) is 0 Å². The number of ether oxygens (including phenoxy) is 2. The van der Waals surface area contributed by atoms with Gasteiger partial charge in [0.2, 0.25) is 11.8 Å². The van der Waals surface area contributed by atoms with Gasteiger partial charge in [0.05, 0.1) is 47.8 Å². The van der Waals surface area contributed by atoms with Crippen molar-refractivity contribution < 1.29 is 19.4 Å². The number of aliphatic hydroxyl groups excluding tert-OH is 1. The van der Waals surface area contributed by atoms with E-state index in [1.807, 2.05) is 60.5 Å². The average Bonchev–Trinajstić information content (AvgIpc) is 3.61. The number of nitrogens with one attached hydrogen (secondary N) is 2. The lowest BCUT2D eigenvalue weighted by Gasteiger charge is -2.31. The van der Waals surface area contributed by atoms with Crippen LogP contribution < -0.4 is 20.1 Å². The number of nitrogens with zero attached hydrogens (tertiary/aromatic N) is 6. The molecule has 5 aromatic rings. The number of hydrogen-bond acceptors (Lipinski definition) is 10. The van der Waals surface area contributed by atoms with Crippen LogP contribution in [0.3, 0.4) is 0 Å². The Morgan fingerprint density at radius 1 is 0.926 bits per heavy atom. The zero-order chi connectivity index (χ0) is 37.8. The molecule has 1 amide bonds. The first-order valence-corrected chi connectivity index (χ1v) is 19.4. The van der Waals surface area contributed by atoms with Gasteiger partial charge in [0, 0.05) is 78.9 Å². The van der Waals surface area contributed by atoms with Crippen molar-refractivity contribution in [2.24, 2.45) is 0 Å². The molecule has 1 aliphatic carbocycles. The van der Waals surface area contributed by atoms with Gasteiger partial charge in [0.1, 0.15) is 0 Å². The lowest BCUT2D eigenvalue weighted by atomic mass is 9.93. The first-order chi connectivity index (χ1) is 26.2. The Kier molecular flexibility index (Phi) is 11.9.